The molecule has 1 aromatic heterocycles. The van der Waals surface area contributed by atoms with Gasteiger partial charge in [-0.2, -0.15) is 0 Å². The van der Waals surface area contributed by atoms with Crippen molar-refractivity contribution < 1.29 is 14.3 Å². The molecule has 5 nitrogen and oxygen atoms in total. The smallest absolute Gasteiger partial charge is 0.253 e. The molecule has 1 aromatic carbocycles. The molecule has 0 aliphatic heterocycles. The number of aliphatic hydroxyl groups is 1. The standard InChI is InChI=1S/C14H12BrFIN3O2/c15-13-6-9(14(22)18-3-4-21)12(7-19-13)20-11-2-1-8(17)5-10(11)16/h1-2,5-7,20-21H,3-4H2,(H,18,22). The van der Waals surface area contributed by atoms with E-state index in [0.717, 1.165) is 3.57 Å². The molecule has 0 bridgehead atoms. The molecule has 0 fully saturated rings. The number of rotatable bonds is 5. The molecule has 0 aliphatic rings. The molecule has 8 heteroatoms. The van der Waals surface area contributed by atoms with Crippen LogP contribution in [-0.2, 0) is 0 Å². The summed E-state index contributed by atoms with van der Waals surface area (Å²) < 4.78 is 15.2. The minimum Gasteiger partial charge on any atom is -0.395 e. The number of benzene rings is 1. The Hall–Kier alpha value is -1.26. The molecule has 2 aromatic rings. The van der Waals surface area contributed by atoms with Gasteiger partial charge in [0.25, 0.3) is 5.91 Å². The highest BCUT2D eigenvalue weighted by atomic mass is 127. The highest BCUT2D eigenvalue weighted by Gasteiger charge is 2.14. The highest BCUT2D eigenvalue weighted by Crippen LogP contribution is 2.25. The molecule has 0 radical (unpaired) electrons. The van der Waals surface area contributed by atoms with Crippen LogP contribution >= 0.6 is 38.5 Å². The quantitative estimate of drug-likeness (QED) is 0.455. The Balaban J connectivity index is 2.32. The Bertz CT molecular complexity index is 700. The lowest BCUT2D eigenvalue weighted by atomic mass is 10.2. The first-order valence-electron chi connectivity index (χ1n) is 6.28. The van der Waals surface area contributed by atoms with Crippen LogP contribution in [0.25, 0.3) is 0 Å². The molecule has 0 aliphatic carbocycles. The van der Waals surface area contributed by atoms with Gasteiger partial charge < -0.3 is 15.7 Å². The Morgan fingerprint density at radius 1 is 1.36 bits per heavy atom. The molecule has 1 heterocycles. The second-order valence-corrected chi connectivity index (χ2v) is 6.34. The summed E-state index contributed by atoms with van der Waals surface area (Å²) in [6, 6.07) is 6.26. The first-order valence-corrected chi connectivity index (χ1v) is 8.15. The summed E-state index contributed by atoms with van der Waals surface area (Å²) in [5.41, 5.74) is 0.924. The van der Waals surface area contributed by atoms with Crippen molar-refractivity contribution in [2.45, 2.75) is 0 Å². The van der Waals surface area contributed by atoms with Gasteiger partial charge in [-0.05, 0) is 62.8 Å². The highest BCUT2D eigenvalue weighted by molar-refractivity contribution is 14.1. The topological polar surface area (TPSA) is 74.2 Å². The SMILES string of the molecule is O=C(NCCO)c1cc(Br)ncc1Nc1ccc(I)cc1F. The van der Waals surface area contributed by atoms with Crippen molar-refractivity contribution in [3.8, 4) is 0 Å². The fraction of sp³-hybridized carbons (Fsp3) is 0.143. The minimum atomic E-state index is -0.420. The number of nitrogens with zero attached hydrogens (tertiary/aromatic N) is 1. The van der Waals surface area contributed by atoms with Gasteiger partial charge in [-0.1, -0.05) is 0 Å². The number of carbonyl (C=O) groups excluding carboxylic acids is 1. The fourth-order valence-electron chi connectivity index (χ4n) is 1.72. The van der Waals surface area contributed by atoms with E-state index in [2.05, 4.69) is 31.5 Å². The summed E-state index contributed by atoms with van der Waals surface area (Å²) in [6.07, 6.45) is 1.44. The third-order valence-electron chi connectivity index (χ3n) is 2.71. The lowest BCUT2D eigenvalue weighted by molar-refractivity contribution is 0.0945. The third-order valence-corrected chi connectivity index (χ3v) is 3.82. The van der Waals surface area contributed by atoms with Crippen molar-refractivity contribution in [2.75, 3.05) is 18.5 Å². The zero-order valence-electron chi connectivity index (χ0n) is 11.2. The van der Waals surface area contributed by atoms with Gasteiger partial charge in [-0.15, -0.1) is 0 Å². The number of anilines is 2. The lowest BCUT2D eigenvalue weighted by Crippen LogP contribution is -2.27. The van der Waals surface area contributed by atoms with Crippen LogP contribution in [0.1, 0.15) is 10.4 Å². The third kappa shape index (κ3) is 4.37. The van der Waals surface area contributed by atoms with Crippen LogP contribution < -0.4 is 10.6 Å². The number of aliphatic hydroxyl groups excluding tert-OH is 1. The Labute approximate surface area is 148 Å². The molecular weight excluding hydrogens is 468 g/mol. The maximum Gasteiger partial charge on any atom is 0.253 e. The van der Waals surface area contributed by atoms with Crippen LogP contribution in [0.2, 0.25) is 0 Å². The van der Waals surface area contributed by atoms with E-state index in [1.54, 1.807) is 12.1 Å². The van der Waals surface area contributed by atoms with E-state index in [0.29, 0.717) is 15.9 Å². The van der Waals surface area contributed by atoms with Crippen LogP contribution in [0.15, 0.2) is 35.1 Å². The summed E-state index contributed by atoms with van der Waals surface area (Å²) in [5.74, 6) is -0.804. The molecule has 3 N–H and O–H groups in total. The summed E-state index contributed by atoms with van der Waals surface area (Å²) in [7, 11) is 0. The molecule has 0 atom stereocenters. The van der Waals surface area contributed by atoms with Crippen LogP contribution in [0.4, 0.5) is 15.8 Å². The summed E-state index contributed by atoms with van der Waals surface area (Å²) in [5, 5.41) is 14.2. The number of hydrogen-bond donors (Lipinski definition) is 3. The first-order chi connectivity index (χ1) is 10.5. The molecule has 2 rings (SSSR count). The number of aromatic nitrogens is 1. The maximum absolute atomic E-state index is 13.9. The van der Waals surface area contributed by atoms with E-state index < -0.39 is 5.82 Å². The van der Waals surface area contributed by atoms with Crippen LogP contribution in [-0.4, -0.2) is 29.1 Å². The molecular formula is C14H12BrFIN3O2. The number of hydrogen-bond acceptors (Lipinski definition) is 4. The number of carbonyl (C=O) groups is 1. The van der Waals surface area contributed by atoms with Crippen molar-refractivity contribution in [2.24, 2.45) is 0 Å². The minimum absolute atomic E-state index is 0.135. The van der Waals surface area contributed by atoms with Crippen molar-refractivity contribution >= 4 is 55.8 Å². The molecule has 0 saturated heterocycles. The van der Waals surface area contributed by atoms with Gasteiger partial charge in [0.15, 0.2) is 0 Å². The van der Waals surface area contributed by atoms with Crippen molar-refractivity contribution in [3.05, 3.63) is 50.0 Å². The predicted molar refractivity (Wildman–Crippen MR) is 93.8 cm³/mol. The molecule has 1 amide bonds. The van der Waals surface area contributed by atoms with E-state index >= 15 is 0 Å². The monoisotopic (exact) mass is 479 g/mol. The van der Waals surface area contributed by atoms with Gasteiger partial charge >= 0.3 is 0 Å². The van der Waals surface area contributed by atoms with E-state index in [-0.39, 0.29) is 24.7 Å². The first kappa shape index (κ1) is 17.1. The van der Waals surface area contributed by atoms with Gasteiger partial charge in [0.05, 0.1) is 29.7 Å². The zero-order chi connectivity index (χ0) is 16.1. The molecule has 0 spiro atoms. The molecule has 22 heavy (non-hydrogen) atoms. The van der Waals surface area contributed by atoms with Gasteiger partial charge in [-0.3, -0.25) is 4.79 Å². The van der Waals surface area contributed by atoms with Gasteiger partial charge in [0, 0.05) is 10.1 Å². The normalized spacial score (nSPS) is 10.4. The van der Waals surface area contributed by atoms with Crippen LogP contribution in [0.3, 0.4) is 0 Å². The van der Waals surface area contributed by atoms with Gasteiger partial charge in [0.2, 0.25) is 0 Å². The largest absolute Gasteiger partial charge is 0.395 e. The number of halogens is 3. The average Bonchev–Trinajstić information content (AvgIpc) is 2.49. The Morgan fingerprint density at radius 2 is 2.14 bits per heavy atom. The number of pyridine rings is 1. The van der Waals surface area contributed by atoms with Crippen LogP contribution in [0.5, 0.6) is 0 Å². The summed E-state index contributed by atoms with van der Waals surface area (Å²) in [4.78, 5) is 16.1. The molecule has 0 unspecified atom stereocenters. The number of nitrogens with one attached hydrogen (secondary N) is 2. The second-order valence-electron chi connectivity index (χ2n) is 4.28. The Kier molecular flexibility index (Phi) is 6.09. The van der Waals surface area contributed by atoms with Gasteiger partial charge in [-0.25, -0.2) is 9.37 Å². The fourth-order valence-corrected chi connectivity index (χ4v) is 2.50. The van der Waals surface area contributed by atoms with Crippen molar-refractivity contribution in [1.29, 1.82) is 0 Å². The van der Waals surface area contributed by atoms with E-state index in [1.807, 2.05) is 22.6 Å². The van der Waals surface area contributed by atoms with E-state index in [1.165, 1.54) is 18.3 Å². The van der Waals surface area contributed by atoms with Crippen molar-refractivity contribution in [3.63, 3.8) is 0 Å². The summed E-state index contributed by atoms with van der Waals surface area (Å²) in [6.45, 7) is -0.0252. The zero-order valence-corrected chi connectivity index (χ0v) is 15.0. The average molecular weight is 480 g/mol. The lowest BCUT2D eigenvalue weighted by Gasteiger charge is -2.13. The Morgan fingerprint density at radius 3 is 2.82 bits per heavy atom. The predicted octanol–water partition coefficient (Wildman–Crippen LogP) is 3.05. The van der Waals surface area contributed by atoms with Crippen molar-refractivity contribution in [1.82, 2.24) is 10.3 Å². The van der Waals surface area contributed by atoms with Crippen LogP contribution in [0, 0.1) is 9.39 Å². The molecule has 116 valence electrons. The van der Waals surface area contributed by atoms with E-state index in [9.17, 15) is 9.18 Å². The molecule has 0 saturated carbocycles. The summed E-state index contributed by atoms with van der Waals surface area (Å²) >= 11 is 5.21. The van der Waals surface area contributed by atoms with E-state index in [4.69, 9.17) is 5.11 Å². The second kappa shape index (κ2) is 7.84. The maximum atomic E-state index is 13.9. The van der Waals surface area contributed by atoms with Gasteiger partial charge in [0.1, 0.15) is 10.4 Å². The number of amides is 1.